The number of carbonyl (C=O) groups is 1. The summed E-state index contributed by atoms with van der Waals surface area (Å²) in [5.41, 5.74) is 11.9. The molecule has 7 N–H and O–H groups in total. The Morgan fingerprint density at radius 1 is 1.36 bits per heavy atom. The van der Waals surface area contributed by atoms with Crippen LogP contribution in [0.5, 0.6) is 0 Å². The third kappa shape index (κ3) is 3.39. The molecule has 0 aliphatic carbocycles. The number of imidazole rings is 1. The van der Waals surface area contributed by atoms with Crippen molar-refractivity contribution in [3.8, 4) is 0 Å². The number of aliphatic carboxylic acids is 1. The predicted molar refractivity (Wildman–Crippen MR) is 88.6 cm³/mol. The fourth-order valence-corrected chi connectivity index (χ4v) is 3.58. The molecule has 0 spiro atoms. The highest BCUT2D eigenvalue weighted by Crippen LogP contribution is 2.33. The number of aliphatic hydroxyl groups excluding tert-OH is 2. The van der Waals surface area contributed by atoms with E-state index in [4.69, 9.17) is 21.3 Å². The van der Waals surface area contributed by atoms with Crippen LogP contribution in [0.25, 0.3) is 11.2 Å². The summed E-state index contributed by atoms with van der Waals surface area (Å²) >= 11 is 1.23. The molecule has 0 bridgehead atoms. The molecule has 3 rings (SSSR count). The minimum Gasteiger partial charge on any atom is -0.480 e. The maximum atomic E-state index is 10.7. The molecular weight excluding hydrogens is 352 g/mol. The van der Waals surface area contributed by atoms with Crippen molar-refractivity contribution in [2.75, 3.05) is 17.2 Å². The Hall–Kier alpha value is -1.99. The van der Waals surface area contributed by atoms with Crippen molar-refractivity contribution in [1.82, 2.24) is 19.5 Å². The molecule has 11 nitrogen and oxygen atoms in total. The number of hydrogen-bond donors (Lipinski definition) is 5. The summed E-state index contributed by atoms with van der Waals surface area (Å²) in [6.07, 6.45) is -1.25. The second-order valence-electron chi connectivity index (χ2n) is 5.61. The van der Waals surface area contributed by atoms with Gasteiger partial charge in [0, 0.05) is 11.5 Å². The fourth-order valence-electron chi connectivity index (χ4n) is 2.54. The first-order valence-corrected chi connectivity index (χ1v) is 8.56. The normalized spacial score (nSPS) is 27.6. The third-order valence-electron chi connectivity index (χ3n) is 3.90. The van der Waals surface area contributed by atoms with Crippen LogP contribution in [0.15, 0.2) is 12.7 Å². The zero-order chi connectivity index (χ0) is 18.1. The average molecular weight is 370 g/mol. The van der Waals surface area contributed by atoms with Gasteiger partial charge in [-0.2, -0.15) is 11.8 Å². The highest BCUT2D eigenvalue weighted by molar-refractivity contribution is 7.99. The van der Waals surface area contributed by atoms with Crippen molar-refractivity contribution in [3.63, 3.8) is 0 Å². The molecule has 0 radical (unpaired) electrons. The summed E-state index contributed by atoms with van der Waals surface area (Å²) in [4.78, 5) is 22.7. The molecule has 1 aliphatic heterocycles. The lowest BCUT2D eigenvalue weighted by molar-refractivity contribution is -0.137. The topological polar surface area (TPSA) is 183 Å². The Morgan fingerprint density at radius 3 is 2.84 bits per heavy atom. The number of nitrogen functional groups attached to an aromatic ring is 1. The molecular formula is C13H18N6O5S. The third-order valence-corrected chi connectivity index (χ3v) is 5.05. The van der Waals surface area contributed by atoms with Crippen LogP contribution in [0.4, 0.5) is 5.82 Å². The number of aliphatic hydroxyl groups is 2. The highest BCUT2D eigenvalue weighted by atomic mass is 32.2. The second-order valence-corrected chi connectivity index (χ2v) is 6.69. The summed E-state index contributed by atoms with van der Waals surface area (Å²) in [6.45, 7) is 0. The largest absolute Gasteiger partial charge is 0.480 e. The number of hydrogen-bond acceptors (Lipinski definition) is 10. The van der Waals surface area contributed by atoms with E-state index in [1.165, 1.54) is 29.0 Å². The molecule has 25 heavy (non-hydrogen) atoms. The van der Waals surface area contributed by atoms with E-state index in [1.807, 2.05) is 0 Å². The van der Waals surface area contributed by atoms with Gasteiger partial charge in [-0.15, -0.1) is 0 Å². The minimum atomic E-state index is -1.20. The number of aromatic nitrogens is 4. The Kier molecular flexibility index (Phi) is 5.06. The lowest BCUT2D eigenvalue weighted by Crippen LogP contribution is -2.35. The van der Waals surface area contributed by atoms with Crippen LogP contribution in [0.1, 0.15) is 6.23 Å². The van der Waals surface area contributed by atoms with Crippen molar-refractivity contribution < 1.29 is 24.9 Å². The van der Waals surface area contributed by atoms with E-state index in [2.05, 4.69) is 15.0 Å². The zero-order valence-electron chi connectivity index (χ0n) is 13.0. The van der Waals surface area contributed by atoms with Crippen LogP contribution in [0.2, 0.25) is 0 Å². The first-order chi connectivity index (χ1) is 11.9. The molecule has 5 atom stereocenters. The number of nitrogens with two attached hydrogens (primary N) is 2. The zero-order valence-corrected chi connectivity index (χ0v) is 13.8. The van der Waals surface area contributed by atoms with Crippen LogP contribution < -0.4 is 11.5 Å². The molecule has 0 amide bonds. The van der Waals surface area contributed by atoms with Crippen LogP contribution >= 0.6 is 11.8 Å². The summed E-state index contributed by atoms with van der Waals surface area (Å²) in [5, 5.41) is 29.3. The Morgan fingerprint density at radius 2 is 2.12 bits per heavy atom. The smallest absolute Gasteiger partial charge is 0.321 e. The molecule has 2 aromatic rings. The number of anilines is 1. The minimum absolute atomic E-state index is 0.167. The Labute approximate surface area is 146 Å². The van der Waals surface area contributed by atoms with Gasteiger partial charge in [0.25, 0.3) is 0 Å². The predicted octanol–water partition coefficient (Wildman–Crippen LogP) is -1.83. The summed E-state index contributed by atoms with van der Waals surface area (Å²) in [5.74, 6) is -0.452. The summed E-state index contributed by atoms with van der Waals surface area (Å²) < 4.78 is 7.21. The van der Waals surface area contributed by atoms with Gasteiger partial charge in [0.05, 0.1) is 12.4 Å². The second kappa shape index (κ2) is 7.09. The molecule has 0 saturated carbocycles. The number of carboxylic acid groups (broad SMARTS) is 1. The van der Waals surface area contributed by atoms with Crippen LogP contribution in [0.3, 0.4) is 0 Å². The molecule has 12 heteroatoms. The van der Waals surface area contributed by atoms with Crippen LogP contribution in [0, 0.1) is 0 Å². The van der Waals surface area contributed by atoms with Crippen molar-refractivity contribution >= 4 is 34.7 Å². The van der Waals surface area contributed by atoms with Crippen molar-refractivity contribution in [2.24, 2.45) is 5.73 Å². The number of carboxylic acids is 1. The summed E-state index contributed by atoms with van der Waals surface area (Å²) in [7, 11) is 0. The average Bonchev–Trinajstić information content (AvgIpc) is 3.12. The quantitative estimate of drug-likeness (QED) is 0.385. The van der Waals surface area contributed by atoms with E-state index in [1.54, 1.807) is 0 Å². The van der Waals surface area contributed by atoms with Gasteiger partial charge >= 0.3 is 5.97 Å². The van der Waals surface area contributed by atoms with Gasteiger partial charge in [0.2, 0.25) is 0 Å². The van der Waals surface area contributed by atoms with E-state index >= 15 is 0 Å². The molecule has 1 fully saturated rings. The fraction of sp³-hybridized carbons (Fsp3) is 0.538. The lowest BCUT2D eigenvalue weighted by atomic mass is 10.1. The molecule has 0 aromatic carbocycles. The molecule has 136 valence electrons. The molecule has 4 unspecified atom stereocenters. The monoisotopic (exact) mass is 370 g/mol. The Balaban J connectivity index is 1.71. The molecule has 2 aromatic heterocycles. The standard InChI is InChI=1S/C13H18N6O5S/c14-5(13(22)23)1-25-2-6-8(20)9(21)12(24-6)19-4-18-7-10(15)16-3-17-11(7)19/h3-6,8-9,12,20-21H,1-2,14H2,(H,22,23)(H2,15,16,17)/t5-,6?,8?,9?,12?/m0/s1. The van der Waals surface area contributed by atoms with E-state index in [9.17, 15) is 15.0 Å². The Bertz CT molecular complexity index is 772. The molecule has 1 aliphatic rings. The molecule has 3 heterocycles. The number of ether oxygens (including phenoxy) is 1. The maximum absolute atomic E-state index is 10.7. The van der Waals surface area contributed by atoms with Crippen molar-refractivity contribution in [1.29, 1.82) is 0 Å². The van der Waals surface area contributed by atoms with Crippen molar-refractivity contribution in [2.45, 2.75) is 30.6 Å². The van der Waals surface area contributed by atoms with E-state index in [-0.39, 0.29) is 17.3 Å². The number of fused-ring (bicyclic) bond motifs is 1. The van der Waals surface area contributed by atoms with Crippen molar-refractivity contribution in [3.05, 3.63) is 12.7 Å². The van der Waals surface area contributed by atoms with E-state index < -0.39 is 36.6 Å². The van der Waals surface area contributed by atoms with E-state index in [0.29, 0.717) is 11.2 Å². The number of nitrogens with zero attached hydrogens (tertiary/aromatic N) is 4. The highest BCUT2D eigenvalue weighted by Gasteiger charge is 2.44. The van der Waals surface area contributed by atoms with Gasteiger partial charge in [-0.25, -0.2) is 15.0 Å². The lowest BCUT2D eigenvalue weighted by Gasteiger charge is -2.16. The van der Waals surface area contributed by atoms with Gasteiger partial charge in [0.1, 0.15) is 30.1 Å². The number of rotatable bonds is 6. The van der Waals surface area contributed by atoms with Gasteiger partial charge in [-0.05, 0) is 0 Å². The van der Waals surface area contributed by atoms with Gasteiger partial charge in [-0.3, -0.25) is 9.36 Å². The summed E-state index contributed by atoms with van der Waals surface area (Å²) in [6, 6.07) is -0.999. The first kappa shape index (κ1) is 17.8. The first-order valence-electron chi connectivity index (χ1n) is 7.41. The van der Waals surface area contributed by atoms with Gasteiger partial charge in [0.15, 0.2) is 17.7 Å². The van der Waals surface area contributed by atoms with Crippen LogP contribution in [-0.2, 0) is 9.53 Å². The molecule has 1 saturated heterocycles. The van der Waals surface area contributed by atoms with Gasteiger partial charge < -0.3 is 31.5 Å². The maximum Gasteiger partial charge on any atom is 0.321 e. The number of thioether (sulfide) groups is 1. The van der Waals surface area contributed by atoms with E-state index in [0.717, 1.165) is 0 Å². The van der Waals surface area contributed by atoms with Crippen LogP contribution in [-0.4, -0.2) is 76.7 Å². The SMILES string of the molecule is Nc1ncnc2c1ncn2C1OC(CSC[C@H](N)C(=O)O)C(O)C1O. The van der Waals surface area contributed by atoms with Gasteiger partial charge in [-0.1, -0.05) is 0 Å².